The number of rotatable bonds is 32. The van der Waals surface area contributed by atoms with Gasteiger partial charge in [-0.05, 0) is 119 Å². The van der Waals surface area contributed by atoms with Gasteiger partial charge in [0.05, 0.1) is 26.2 Å². The Hall–Kier alpha value is -12.1. The zero-order valence-electron chi connectivity index (χ0n) is 60.5. The van der Waals surface area contributed by atoms with Crippen LogP contribution in [-0.4, -0.2) is 90.9 Å². The number of amides is 2. The number of nitrogens with one attached hydrogen (secondary N) is 8. The molecule has 0 aliphatic heterocycles. The van der Waals surface area contributed by atoms with Gasteiger partial charge in [-0.25, -0.2) is 0 Å². The summed E-state index contributed by atoms with van der Waals surface area (Å²) >= 11 is 0. The van der Waals surface area contributed by atoms with Gasteiger partial charge in [0.2, 0.25) is 35.4 Å². The first-order valence-electron chi connectivity index (χ1n) is 36.2. The van der Waals surface area contributed by atoms with Gasteiger partial charge in [-0.1, -0.05) is 190 Å². The second-order valence-corrected chi connectivity index (χ2v) is 26.6. The van der Waals surface area contributed by atoms with Crippen molar-refractivity contribution in [3.63, 3.8) is 0 Å². The van der Waals surface area contributed by atoms with Crippen molar-refractivity contribution in [2.24, 2.45) is 0 Å². The summed E-state index contributed by atoms with van der Waals surface area (Å²) in [5, 5.41) is 55.5. The van der Waals surface area contributed by atoms with Crippen LogP contribution in [0.25, 0.3) is 0 Å². The highest BCUT2D eigenvalue weighted by Gasteiger charge is 2.41. The van der Waals surface area contributed by atoms with Gasteiger partial charge in [0.15, 0.2) is 0 Å². The molecule has 26 heteroatoms. The van der Waals surface area contributed by atoms with Crippen LogP contribution < -0.4 is 61.5 Å². The second kappa shape index (κ2) is 37.2. The van der Waals surface area contributed by atoms with E-state index < -0.39 is 0 Å². The summed E-state index contributed by atoms with van der Waals surface area (Å²) in [6.45, 7) is 7.25. The highest BCUT2D eigenvalue weighted by Crippen LogP contribution is 2.44. The summed E-state index contributed by atoms with van der Waals surface area (Å²) in [7, 11) is 3.52. The summed E-state index contributed by atoms with van der Waals surface area (Å²) in [4.78, 5) is 21.9. The summed E-state index contributed by atoms with van der Waals surface area (Å²) in [5.74, 6) is 7.19. The van der Waals surface area contributed by atoms with Crippen LogP contribution in [0, 0.1) is 0 Å². The lowest BCUT2D eigenvalue weighted by atomic mass is 10.1. The van der Waals surface area contributed by atoms with Crippen LogP contribution in [0.15, 0.2) is 236 Å². The smallest absolute Gasteiger partial charge is 0.322 e. The molecule has 4 aliphatic carbocycles. The Labute approximate surface area is 626 Å². The molecule has 2 amide bonds. The van der Waals surface area contributed by atoms with Crippen molar-refractivity contribution in [3.8, 4) is 23.0 Å². The average molecular weight is 1460 g/mol. The molecule has 0 bridgehead atoms. The highest BCUT2D eigenvalue weighted by molar-refractivity contribution is 5.86. The third kappa shape index (κ3) is 23.0. The number of hydrogen-bond acceptors (Lipinski definition) is 24. The molecule has 4 fully saturated rings. The van der Waals surface area contributed by atoms with Crippen molar-refractivity contribution in [3.05, 3.63) is 286 Å². The molecule has 8 N–H and O–H groups in total. The van der Waals surface area contributed by atoms with Crippen molar-refractivity contribution in [2.45, 2.75) is 140 Å². The van der Waals surface area contributed by atoms with Crippen molar-refractivity contribution in [1.82, 2.24) is 62.1 Å². The predicted octanol–water partition coefficient (Wildman–Crippen LogP) is 13.2. The van der Waals surface area contributed by atoms with Crippen molar-refractivity contribution in [1.29, 1.82) is 0 Å². The molecule has 108 heavy (non-hydrogen) atoms. The molecule has 12 aromatic rings. The normalized spacial score (nSPS) is 18.2. The molecule has 4 aromatic heterocycles. The Morgan fingerprint density at radius 2 is 0.537 bits per heavy atom. The Kier molecular flexibility index (Phi) is 25.6. The quantitative estimate of drug-likeness (QED) is 0.0194. The van der Waals surface area contributed by atoms with Crippen LogP contribution in [0.4, 0.5) is 24.1 Å². The number of ether oxygens (including phenoxy) is 4. The number of benzene rings is 8. The molecule has 16 rings (SSSR count). The van der Waals surface area contributed by atoms with Gasteiger partial charge in [0, 0.05) is 75.8 Å². The van der Waals surface area contributed by atoms with E-state index in [-0.39, 0.29) is 23.8 Å². The van der Waals surface area contributed by atoms with Crippen LogP contribution in [0.2, 0.25) is 0 Å². The zero-order valence-corrected chi connectivity index (χ0v) is 60.5. The number of aromatic nitrogens is 8. The molecule has 0 unspecified atom stereocenters. The molecular weight excluding hydrogens is 1370 g/mol. The molecule has 26 nitrogen and oxygen atoms in total. The third-order valence-corrected chi connectivity index (χ3v) is 18.3. The van der Waals surface area contributed by atoms with Crippen LogP contribution in [0.3, 0.4) is 0 Å². The molecule has 0 radical (unpaired) electrons. The Bertz CT molecular complexity index is 4410. The third-order valence-electron chi connectivity index (χ3n) is 18.3. The lowest BCUT2D eigenvalue weighted by Crippen LogP contribution is -2.17. The standard InChI is InChI=1S/2C21H22N4O3.2C20H22N4O2/c2*1-14(26)23-21-25-24-20(28-21)12-22-19-11-18(19)16-7-9-17(10-8-16)27-13-15-5-3-2-4-6-15;2*1-21-20-24-23-19(26-20)12-22-18-11-17(18)15-7-9-16(10-8-15)25-13-14-5-3-2-4-6-14/h2*2-10,18-19,22H,11-13H2,1H3,(H,23,25,26);2*2-10,17-18,22H,11-13H2,1H3,(H,21,24)/t2*18-,19+;2*17-,18+/m1010/s1. The topological polar surface area (TPSA) is 323 Å². The number of hydrogen-bond donors (Lipinski definition) is 8. The number of carbonyl (C=O) groups is 2. The van der Waals surface area contributed by atoms with Gasteiger partial charge in [-0.3, -0.25) is 20.2 Å². The SMILES string of the molecule is CC(=O)Nc1nnc(CN[C@@H]2C[C@H]2c2ccc(OCc3ccccc3)cc2)o1.CC(=O)Nc1nnc(CN[C@H]2C[C@@H]2c2ccc(OCc3ccccc3)cc2)o1.CNc1nnc(CN[C@@H]2C[C@H]2c2ccc(OCc3ccccc3)cc2)o1.CNc1nnc(CN[C@H]2C[C@@H]2c2ccc(OCc3ccccc3)cc2)o1. The maximum Gasteiger partial charge on any atom is 0.322 e. The fourth-order valence-corrected chi connectivity index (χ4v) is 12.1. The Morgan fingerprint density at radius 1 is 0.315 bits per heavy atom. The van der Waals surface area contributed by atoms with Gasteiger partial charge in [-0.2, -0.15) is 0 Å². The first kappa shape index (κ1) is 74.2. The fourth-order valence-electron chi connectivity index (χ4n) is 12.1. The Morgan fingerprint density at radius 3 is 0.750 bits per heavy atom. The minimum atomic E-state index is -0.235. The van der Waals surface area contributed by atoms with Gasteiger partial charge in [0.25, 0.3) is 0 Å². The van der Waals surface area contributed by atoms with E-state index in [1.807, 2.05) is 121 Å². The molecule has 0 saturated heterocycles. The fraction of sp³-hybridized carbons (Fsp3) is 0.293. The van der Waals surface area contributed by atoms with E-state index >= 15 is 0 Å². The highest BCUT2D eigenvalue weighted by atomic mass is 16.5. The van der Waals surface area contributed by atoms with Crippen molar-refractivity contribution >= 4 is 35.9 Å². The summed E-state index contributed by atoms with van der Waals surface area (Å²) in [6, 6.07) is 76.8. The summed E-state index contributed by atoms with van der Waals surface area (Å²) < 4.78 is 44.9. The lowest BCUT2D eigenvalue weighted by Gasteiger charge is -2.07. The van der Waals surface area contributed by atoms with E-state index in [1.165, 1.54) is 47.2 Å². The minimum Gasteiger partial charge on any atom is -0.489 e. The van der Waals surface area contributed by atoms with Gasteiger partial charge in [0.1, 0.15) is 49.4 Å². The van der Waals surface area contributed by atoms with Crippen LogP contribution in [0.1, 0.15) is 131 Å². The Balaban J connectivity index is 0.000000127. The monoisotopic (exact) mass is 1460 g/mol. The van der Waals surface area contributed by atoms with E-state index in [0.29, 0.717) is 136 Å². The first-order chi connectivity index (χ1) is 53.0. The lowest BCUT2D eigenvalue weighted by molar-refractivity contribution is -0.115. The van der Waals surface area contributed by atoms with Gasteiger partial charge in [-0.15, -0.1) is 20.4 Å². The van der Waals surface area contributed by atoms with Crippen LogP contribution in [0.5, 0.6) is 23.0 Å². The number of nitrogens with zero attached hydrogens (tertiary/aromatic N) is 8. The van der Waals surface area contributed by atoms with E-state index in [9.17, 15) is 9.59 Å². The van der Waals surface area contributed by atoms with Crippen molar-refractivity contribution < 1.29 is 46.2 Å². The molecule has 0 spiro atoms. The van der Waals surface area contributed by atoms with E-state index in [2.05, 4.69) is 180 Å². The zero-order chi connectivity index (χ0) is 74.2. The second-order valence-electron chi connectivity index (χ2n) is 26.6. The largest absolute Gasteiger partial charge is 0.489 e. The van der Waals surface area contributed by atoms with Gasteiger partial charge < -0.3 is 68.5 Å². The van der Waals surface area contributed by atoms with E-state index in [0.717, 1.165) is 59.8 Å². The molecule has 8 aromatic carbocycles. The number of anilines is 4. The molecule has 4 saturated carbocycles. The molecule has 556 valence electrons. The maximum absolute atomic E-state index is 11.0. The molecule has 4 aliphatic rings. The van der Waals surface area contributed by atoms with Gasteiger partial charge >= 0.3 is 24.1 Å². The minimum absolute atomic E-state index is 0.128. The van der Waals surface area contributed by atoms with Crippen LogP contribution >= 0.6 is 0 Å². The molecule has 4 heterocycles. The molecular formula is C82H88N16O10. The van der Waals surface area contributed by atoms with Crippen LogP contribution in [-0.2, 0) is 62.2 Å². The summed E-state index contributed by atoms with van der Waals surface area (Å²) in [5.41, 5.74) is 9.88. The summed E-state index contributed by atoms with van der Waals surface area (Å²) in [6.07, 6.45) is 4.38. The van der Waals surface area contributed by atoms with E-state index in [1.54, 1.807) is 14.1 Å². The predicted molar refractivity (Wildman–Crippen MR) is 406 cm³/mol. The van der Waals surface area contributed by atoms with Crippen molar-refractivity contribution in [2.75, 3.05) is 35.4 Å². The maximum atomic E-state index is 11.0. The molecule has 8 atom stereocenters. The van der Waals surface area contributed by atoms with E-state index in [4.69, 9.17) is 36.6 Å². The average Bonchev–Trinajstić information content (AvgIpc) is 1.67. The first-order valence-corrected chi connectivity index (χ1v) is 36.2. The number of carbonyl (C=O) groups excluding carboxylic acids is 2.